The van der Waals surface area contributed by atoms with Crippen LogP contribution in [0, 0.1) is 0 Å². The van der Waals surface area contributed by atoms with Crippen molar-refractivity contribution in [3.8, 4) is 17.2 Å². The van der Waals surface area contributed by atoms with Crippen molar-refractivity contribution in [2.24, 2.45) is 0 Å². The Kier molecular flexibility index (Phi) is 5.43. The molecule has 8 nitrogen and oxygen atoms in total. The van der Waals surface area contributed by atoms with Crippen LogP contribution in [0.25, 0.3) is 0 Å². The van der Waals surface area contributed by atoms with E-state index in [9.17, 15) is 13.2 Å². The molecular formula is C15H22N2O6S. The fourth-order valence-electron chi connectivity index (χ4n) is 2.62. The molecule has 2 amide bonds. The summed E-state index contributed by atoms with van der Waals surface area (Å²) in [6, 6.07) is 2.86. The lowest BCUT2D eigenvalue weighted by Crippen LogP contribution is -2.34. The normalized spacial score (nSPS) is 17.5. The lowest BCUT2D eigenvalue weighted by atomic mass is 10.2. The maximum Gasteiger partial charge on any atom is 0.321 e. The third kappa shape index (κ3) is 3.84. The molecule has 1 saturated heterocycles. The number of methoxy groups -OCH3 is 3. The highest BCUT2D eigenvalue weighted by Gasteiger charge is 2.32. The van der Waals surface area contributed by atoms with Crippen LogP contribution in [0.3, 0.4) is 0 Å². The van der Waals surface area contributed by atoms with E-state index in [1.165, 1.54) is 32.5 Å². The van der Waals surface area contributed by atoms with Crippen molar-refractivity contribution in [1.82, 2.24) is 4.90 Å². The molecule has 0 spiro atoms. The summed E-state index contributed by atoms with van der Waals surface area (Å²) in [7, 11) is 1.32. The molecule has 1 unspecified atom stereocenters. The second-order valence-corrected chi connectivity index (χ2v) is 7.86. The molecule has 24 heavy (non-hydrogen) atoms. The van der Waals surface area contributed by atoms with E-state index in [-0.39, 0.29) is 12.6 Å². The second-order valence-electron chi connectivity index (χ2n) is 5.53. The van der Waals surface area contributed by atoms with E-state index in [2.05, 4.69) is 5.32 Å². The molecule has 0 aromatic heterocycles. The molecule has 1 aromatic carbocycles. The summed E-state index contributed by atoms with van der Waals surface area (Å²) in [5.74, 6) is 1.27. The van der Waals surface area contributed by atoms with E-state index in [0.717, 1.165) is 0 Å². The number of nitrogens with one attached hydrogen (secondary N) is 1. The van der Waals surface area contributed by atoms with Crippen molar-refractivity contribution in [1.29, 1.82) is 0 Å². The molecule has 0 saturated carbocycles. The van der Waals surface area contributed by atoms with E-state index in [1.807, 2.05) is 0 Å². The fourth-order valence-corrected chi connectivity index (χ4v) is 3.60. The first-order chi connectivity index (χ1) is 11.3. The van der Waals surface area contributed by atoms with Gasteiger partial charge in [0.2, 0.25) is 5.75 Å². The Labute approximate surface area is 141 Å². The topological polar surface area (TPSA) is 94.2 Å². The lowest BCUT2D eigenvalue weighted by molar-refractivity contribution is 0.222. The minimum atomic E-state index is -3.15. The molecule has 2 rings (SSSR count). The van der Waals surface area contributed by atoms with Gasteiger partial charge in [-0.3, -0.25) is 0 Å². The third-order valence-electron chi connectivity index (χ3n) is 3.95. The number of anilines is 1. The molecule has 1 aromatic rings. The van der Waals surface area contributed by atoms with Gasteiger partial charge in [-0.15, -0.1) is 0 Å². The molecule has 1 N–H and O–H groups in total. The number of likely N-dealkylation sites (tertiary alicyclic amines) is 1. The molecule has 0 bridgehead atoms. The van der Waals surface area contributed by atoms with Crippen molar-refractivity contribution in [3.05, 3.63) is 12.1 Å². The number of carbonyl (C=O) groups excluding carboxylic acids is 1. The van der Waals surface area contributed by atoms with Crippen LogP contribution in [-0.2, 0) is 9.84 Å². The first-order valence-corrected chi connectivity index (χ1v) is 9.30. The molecule has 134 valence electrons. The lowest BCUT2D eigenvalue weighted by Gasteiger charge is -2.19. The molecule has 9 heteroatoms. The highest BCUT2D eigenvalue weighted by atomic mass is 32.2. The Balaban J connectivity index is 2.15. The second kappa shape index (κ2) is 7.16. The van der Waals surface area contributed by atoms with Crippen LogP contribution in [0.15, 0.2) is 12.1 Å². The average molecular weight is 358 g/mol. The molecule has 0 radical (unpaired) electrons. The summed E-state index contributed by atoms with van der Waals surface area (Å²) in [5.41, 5.74) is 0.470. The van der Waals surface area contributed by atoms with E-state index < -0.39 is 15.1 Å². The van der Waals surface area contributed by atoms with Crippen LogP contribution in [-0.4, -0.2) is 65.3 Å². The van der Waals surface area contributed by atoms with Crippen LogP contribution in [0.5, 0.6) is 17.2 Å². The third-order valence-corrected chi connectivity index (χ3v) is 5.55. The number of hydrogen-bond acceptors (Lipinski definition) is 6. The van der Waals surface area contributed by atoms with Crippen LogP contribution in [0.4, 0.5) is 10.5 Å². The quantitative estimate of drug-likeness (QED) is 0.854. The van der Waals surface area contributed by atoms with Gasteiger partial charge in [0.05, 0.1) is 32.3 Å². The number of carbonyl (C=O) groups is 1. The summed E-state index contributed by atoms with van der Waals surface area (Å²) >= 11 is 0. The first kappa shape index (κ1) is 18.2. The van der Waals surface area contributed by atoms with Crippen LogP contribution in [0.1, 0.15) is 6.42 Å². The summed E-state index contributed by atoms with van der Waals surface area (Å²) in [5, 5.41) is 2.22. The number of amides is 2. The Morgan fingerprint density at radius 2 is 1.75 bits per heavy atom. The predicted octanol–water partition coefficient (Wildman–Crippen LogP) is 1.36. The Morgan fingerprint density at radius 1 is 1.17 bits per heavy atom. The number of sulfone groups is 1. The highest BCUT2D eigenvalue weighted by molar-refractivity contribution is 7.91. The molecule has 1 fully saturated rings. The van der Waals surface area contributed by atoms with Gasteiger partial charge in [0.25, 0.3) is 0 Å². The summed E-state index contributed by atoms with van der Waals surface area (Å²) in [6.45, 7) is 0.586. The van der Waals surface area contributed by atoms with Crippen LogP contribution < -0.4 is 19.5 Å². The van der Waals surface area contributed by atoms with Gasteiger partial charge in [0.15, 0.2) is 21.3 Å². The summed E-state index contributed by atoms with van der Waals surface area (Å²) < 4.78 is 38.9. The summed E-state index contributed by atoms with van der Waals surface area (Å²) in [6.07, 6.45) is 1.64. The van der Waals surface area contributed by atoms with Gasteiger partial charge in [-0.1, -0.05) is 0 Å². The number of rotatable bonds is 5. The molecule has 1 atom stereocenters. The first-order valence-electron chi connectivity index (χ1n) is 7.35. The molecule has 0 aliphatic carbocycles. The van der Waals surface area contributed by atoms with Crippen molar-refractivity contribution < 1.29 is 27.4 Å². The number of urea groups is 1. The van der Waals surface area contributed by atoms with E-state index >= 15 is 0 Å². The zero-order valence-electron chi connectivity index (χ0n) is 14.2. The van der Waals surface area contributed by atoms with E-state index in [1.54, 1.807) is 12.1 Å². The van der Waals surface area contributed by atoms with Crippen molar-refractivity contribution in [2.75, 3.05) is 46.0 Å². The van der Waals surface area contributed by atoms with Gasteiger partial charge in [0, 0.05) is 31.5 Å². The Morgan fingerprint density at radius 3 is 2.17 bits per heavy atom. The fraction of sp³-hybridized carbons (Fsp3) is 0.533. The van der Waals surface area contributed by atoms with Crippen molar-refractivity contribution >= 4 is 21.6 Å². The minimum Gasteiger partial charge on any atom is -0.493 e. The van der Waals surface area contributed by atoms with Gasteiger partial charge in [-0.2, -0.15) is 0 Å². The largest absolute Gasteiger partial charge is 0.493 e. The van der Waals surface area contributed by atoms with Gasteiger partial charge in [0.1, 0.15) is 0 Å². The monoisotopic (exact) mass is 358 g/mol. The molecule has 1 heterocycles. The average Bonchev–Trinajstić information content (AvgIpc) is 3.04. The predicted molar refractivity (Wildman–Crippen MR) is 89.9 cm³/mol. The SMILES string of the molecule is COc1cc(NC(=O)N2CCC(S(C)(=O)=O)C2)cc(OC)c1OC. The maximum atomic E-state index is 12.3. The van der Waals surface area contributed by atoms with Crippen LogP contribution in [0.2, 0.25) is 0 Å². The number of hydrogen-bond donors (Lipinski definition) is 1. The van der Waals surface area contributed by atoms with Crippen molar-refractivity contribution in [2.45, 2.75) is 11.7 Å². The number of benzene rings is 1. The number of ether oxygens (including phenoxy) is 3. The van der Waals surface area contributed by atoms with Gasteiger partial charge in [-0.25, -0.2) is 13.2 Å². The molecular weight excluding hydrogens is 336 g/mol. The van der Waals surface area contributed by atoms with Gasteiger partial charge >= 0.3 is 6.03 Å². The minimum absolute atomic E-state index is 0.190. The Hall–Kier alpha value is -2.16. The standard InChI is InChI=1S/C15H22N2O6S/c1-21-12-7-10(8-13(22-2)14(12)23-3)16-15(18)17-6-5-11(9-17)24(4,19)20/h7-8,11H,5-6,9H2,1-4H3,(H,16,18). The van der Waals surface area contributed by atoms with Crippen molar-refractivity contribution in [3.63, 3.8) is 0 Å². The van der Waals surface area contributed by atoms with E-state index in [4.69, 9.17) is 14.2 Å². The van der Waals surface area contributed by atoms with Crippen LogP contribution >= 0.6 is 0 Å². The smallest absolute Gasteiger partial charge is 0.321 e. The number of nitrogens with zero attached hydrogens (tertiary/aromatic N) is 1. The van der Waals surface area contributed by atoms with Gasteiger partial charge in [-0.05, 0) is 6.42 Å². The maximum absolute atomic E-state index is 12.3. The summed E-state index contributed by atoms with van der Waals surface area (Å²) in [4.78, 5) is 13.8. The van der Waals surface area contributed by atoms with Gasteiger partial charge < -0.3 is 24.4 Å². The zero-order valence-corrected chi connectivity index (χ0v) is 15.0. The molecule has 1 aliphatic heterocycles. The molecule has 1 aliphatic rings. The van der Waals surface area contributed by atoms with E-state index in [0.29, 0.717) is 35.9 Å². The zero-order chi connectivity index (χ0) is 17.9. The highest BCUT2D eigenvalue weighted by Crippen LogP contribution is 2.40. The Bertz CT molecular complexity index is 694.